The first-order valence-corrected chi connectivity index (χ1v) is 12.9. The molecule has 0 aromatic carbocycles. The number of carbonyl (C=O) groups excluding carboxylic acids is 1. The molecule has 0 radical (unpaired) electrons. The van der Waals surface area contributed by atoms with Gasteiger partial charge < -0.3 is 10.8 Å². The van der Waals surface area contributed by atoms with Crippen molar-refractivity contribution in [1.29, 1.82) is 0 Å². The molecule has 4 aliphatic rings. The lowest BCUT2D eigenvalue weighted by atomic mass is 9.42. The van der Waals surface area contributed by atoms with Gasteiger partial charge >= 0.3 is 0 Å². The third-order valence-electron chi connectivity index (χ3n) is 9.71. The number of ketones is 1. The minimum atomic E-state index is -0.887. The molecule has 160 valence electrons. The molecule has 4 aliphatic carbocycles. The average molecular weight is 410 g/mol. The molecule has 0 amide bonds. The molecule has 4 unspecified atom stereocenters. The fourth-order valence-corrected chi connectivity index (χ4v) is 9.67. The van der Waals surface area contributed by atoms with E-state index in [1.165, 1.54) is 0 Å². The fourth-order valence-electron chi connectivity index (χ4n) is 8.04. The fraction of sp³-hybridized carbons (Fsp3) is 0.957. The summed E-state index contributed by atoms with van der Waals surface area (Å²) < 4.78 is 12.8. The third-order valence-corrected chi connectivity index (χ3v) is 11.5. The molecule has 0 aromatic heterocycles. The summed E-state index contributed by atoms with van der Waals surface area (Å²) in [6.45, 7) is 7.42. The van der Waals surface area contributed by atoms with Crippen LogP contribution >= 0.6 is 0 Å². The smallest absolute Gasteiger partial charge is 0.139 e. The van der Waals surface area contributed by atoms with Crippen LogP contribution in [0.5, 0.6) is 0 Å². The Morgan fingerprint density at radius 1 is 1.14 bits per heavy atom. The van der Waals surface area contributed by atoms with Crippen molar-refractivity contribution < 1.29 is 14.1 Å². The minimum absolute atomic E-state index is 0.105. The first-order chi connectivity index (χ1) is 13.2. The van der Waals surface area contributed by atoms with Crippen molar-refractivity contribution in [2.45, 2.75) is 89.4 Å². The first-order valence-electron chi connectivity index (χ1n) is 11.5. The van der Waals surface area contributed by atoms with E-state index in [2.05, 4.69) is 20.8 Å². The van der Waals surface area contributed by atoms with Crippen LogP contribution in [0.1, 0.15) is 78.6 Å². The molecule has 0 aliphatic heterocycles. The number of rotatable bonds is 4. The molecule has 4 rings (SSSR count). The maximum absolute atomic E-state index is 12.8. The van der Waals surface area contributed by atoms with Crippen LogP contribution < -0.4 is 5.73 Å². The number of carbonyl (C=O) groups is 1. The van der Waals surface area contributed by atoms with Crippen LogP contribution in [0.25, 0.3) is 0 Å². The van der Waals surface area contributed by atoms with Gasteiger partial charge in [0.25, 0.3) is 0 Å². The van der Waals surface area contributed by atoms with Crippen LogP contribution in [0.3, 0.4) is 0 Å². The van der Waals surface area contributed by atoms with Gasteiger partial charge in [-0.25, -0.2) is 0 Å². The maximum Gasteiger partial charge on any atom is 0.139 e. The van der Waals surface area contributed by atoms with Crippen molar-refractivity contribution in [3.63, 3.8) is 0 Å². The normalized spacial score (nSPS) is 51.9. The Balaban J connectivity index is 1.59. The summed E-state index contributed by atoms with van der Waals surface area (Å²) in [6.07, 6.45) is 8.04. The molecule has 4 fully saturated rings. The maximum atomic E-state index is 12.8. The van der Waals surface area contributed by atoms with E-state index in [-0.39, 0.29) is 16.1 Å². The van der Waals surface area contributed by atoms with Gasteiger partial charge in [0.2, 0.25) is 0 Å². The van der Waals surface area contributed by atoms with E-state index in [1.807, 2.05) is 0 Å². The Hall–Kier alpha value is -0.260. The van der Waals surface area contributed by atoms with Gasteiger partial charge in [0, 0.05) is 33.6 Å². The summed E-state index contributed by atoms with van der Waals surface area (Å²) >= 11 is 0. The highest BCUT2D eigenvalue weighted by Gasteiger charge is 2.66. The lowest BCUT2D eigenvalue weighted by molar-refractivity contribution is -0.217. The third kappa shape index (κ3) is 2.90. The molecule has 0 saturated heterocycles. The molecule has 0 bridgehead atoms. The molecular formula is C23H39NO3S. The number of hydrogen-bond acceptors (Lipinski definition) is 4. The van der Waals surface area contributed by atoms with Gasteiger partial charge in [0.15, 0.2) is 0 Å². The summed E-state index contributed by atoms with van der Waals surface area (Å²) in [5.41, 5.74) is 4.66. The van der Waals surface area contributed by atoms with Crippen LogP contribution in [0.2, 0.25) is 0 Å². The van der Waals surface area contributed by atoms with Crippen LogP contribution in [0.15, 0.2) is 0 Å². The summed E-state index contributed by atoms with van der Waals surface area (Å²) in [5.74, 6) is 3.10. The molecule has 4 saturated carbocycles. The lowest BCUT2D eigenvalue weighted by Gasteiger charge is -2.65. The summed E-state index contributed by atoms with van der Waals surface area (Å²) in [7, 11) is -0.887. The van der Waals surface area contributed by atoms with Crippen LogP contribution in [0, 0.1) is 34.5 Å². The highest BCUT2D eigenvalue weighted by atomic mass is 32.2. The van der Waals surface area contributed by atoms with Gasteiger partial charge in [0.1, 0.15) is 5.78 Å². The SMILES string of the molecule is CC1CC2(O)CC(S(=O)CCCN)CC[C@]2(C)[C@@H]2CC[C@]3(C)C(=O)CC[C@H]3[C@H]12. The second-order valence-electron chi connectivity index (χ2n) is 10.9. The Morgan fingerprint density at radius 3 is 2.61 bits per heavy atom. The van der Waals surface area contributed by atoms with Crippen LogP contribution in [0.4, 0.5) is 0 Å². The van der Waals surface area contributed by atoms with Crippen molar-refractivity contribution in [2.75, 3.05) is 12.3 Å². The standard InChI is InChI=1S/C23H39NO3S/c1-15-13-23(26)14-16(28(27)12-4-11-24)7-10-22(23,3)18-8-9-21(2)17(20(15)18)5-6-19(21)25/h15-18,20,26H,4-14,24H2,1-3H3/t15?,16?,17-,18+,20-,21-,22+,23?,28?/m0/s1. The van der Waals surface area contributed by atoms with Crippen LogP contribution in [-0.2, 0) is 15.6 Å². The van der Waals surface area contributed by atoms with Gasteiger partial charge in [-0.3, -0.25) is 9.00 Å². The van der Waals surface area contributed by atoms with E-state index in [0.717, 1.165) is 51.4 Å². The monoisotopic (exact) mass is 409 g/mol. The Labute approximate surface area is 172 Å². The highest BCUT2D eigenvalue weighted by Crippen LogP contribution is 2.68. The van der Waals surface area contributed by atoms with E-state index >= 15 is 0 Å². The van der Waals surface area contributed by atoms with Crippen molar-refractivity contribution in [2.24, 2.45) is 40.2 Å². The zero-order valence-corrected chi connectivity index (χ0v) is 18.7. The van der Waals surface area contributed by atoms with Gasteiger partial charge in [-0.15, -0.1) is 0 Å². The molecular weight excluding hydrogens is 370 g/mol. The van der Waals surface area contributed by atoms with Gasteiger partial charge in [-0.05, 0) is 87.0 Å². The zero-order chi connectivity index (χ0) is 20.3. The average Bonchev–Trinajstić information content (AvgIpc) is 2.95. The zero-order valence-electron chi connectivity index (χ0n) is 17.9. The molecule has 0 heterocycles. The van der Waals surface area contributed by atoms with E-state index in [1.54, 1.807) is 0 Å². The number of aliphatic hydroxyl groups is 1. The molecule has 0 aromatic rings. The molecule has 4 nitrogen and oxygen atoms in total. The number of nitrogens with two attached hydrogens (primary N) is 1. The summed E-state index contributed by atoms with van der Waals surface area (Å²) in [6, 6.07) is 0. The van der Waals surface area contributed by atoms with Crippen molar-refractivity contribution in [3.05, 3.63) is 0 Å². The number of hydrogen-bond donors (Lipinski definition) is 2. The molecule has 9 atom stereocenters. The van der Waals surface area contributed by atoms with Gasteiger partial charge in [-0.1, -0.05) is 20.8 Å². The molecule has 3 N–H and O–H groups in total. The molecule has 0 spiro atoms. The van der Waals surface area contributed by atoms with E-state index < -0.39 is 16.4 Å². The number of fused-ring (bicyclic) bond motifs is 5. The predicted octanol–water partition coefficient (Wildman–Crippen LogP) is 3.43. The topological polar surface area (TPSA) is 80.4 Å². The van der Waals surface area contributed by atoms with Gasteiger partial charge in [0.05, 0.1) is 5.60 Å². The Morgan fingerprint density at radius 2 is 1.89 bits per heavy atom. The largest absolute Gasteiger partial charge is 0.389 e. The Kier molecular flexibility index (Phi) is 5.37. The van der Waals surface area contributed by atoms with E-state index in [9.17, 15) is 14.1 Å². The van der Waals surface area contributed by atoms with Crippen molar-refractivity contribution >= 4 is 16.6 Å². The van der Waals surface area contributed by atoms with Crippen LogP contribution in [-0.4, -0.2) is 38.2 Å². The van der Waals surface area contributed by atoms with E-state index in [4.69, 9.17) is 5.73 Å². The van der Waals surface area contributed by atoms with Crippen molar-refractivity contribution in [3.8, 4) is 0 Å². The quantitative estimate of drug-likeness (QED) is 0.745. The lowest BCUT2D eigenvalue weighted by Crippen LogP contribution is -2.65. The highest BCUT2D eigenvalue weighted by molar-refractivity contribution is 7.85. The van der Waals surface area contributed by atoms with Gasteiger partial charge in [-0.2, -0.15) is 0 Å². The molecule has 28 heavy (non-hydrogen) atoms. The van der Waals surface area contributed by atoms with E-state index in [0.29, 0.717) is 48.2 Å². The first kappa shape index (κ1) is 21.0. The number of Topliss-reactive ketones (excluding diaryl/α,β-unsaturated/α-hetero) is 1. The predicted molar refractivity (Wildman–Crippen MR) is 113 cm³/mol. The van der Waals surface area contributed by atoms with Crippen molar-refractivity contribution in [1.82, 2.24) is 0 Å². The summed E-state index contributed by atoms with van der Waals surface area (Å²) in [4.78, 5) is 12.6. The summed E-state index contributed by atoms with van der Waals surface area (Å²) in [5, 5.41) is 12.0. The molecule has 5 heteroatoms. The second-order valence-corrected chi connectivity index (χ2v) is 12.8. The minimum Gasteiger partial charge on any atom is -0.389 e. The second kappa shape index (κ2) is 7.16. The Bertz CT molecular complexity index is 668.